The molecule has 1 aromatic carbocycles. The molecule has 2 N–H and O–H groups in total. The summed E-state index contributed by atoms with van der Waals surface area (Å²) < 4.78 is 31.7. The number of benzene rings is 1. The van der Waals surface area contributed by atoms with Crippen LogP contribution in [0.15, 0.2) is 29.2 Å². The minimum atomic E-state index is -3.53. The highest BCUT2D eigenvalue weighted by molar-refractivity contribution is 7.89. The molecule has 8 nitrogen and oxygen atoms in total. The molecule has 2 aliphatic rings. The summed E-state index contributed by atoms with van der Waals surface area (Å²) in [5.74, 6) is -0.178. The van der Waals surface area contributed by atoms with Gasteiger partial charge in [-0.25, -0.2) is 8.42 Å². The highest BCUT2D eigenvalue weighted by atomic mass is 32.2. The summed E-state index contributed by atoms with van der Waals surface area (Å²) in [5, 5.41) is 12.4. The zero-order valence-electron chi connectivity index (χ0n) is 14.6. The SMILES string of the molecule is O=C(CN1CCCC(O)C1)Nc1ccc(S(=O)(=O)N2CCOCC2)cc1. The number of morpholine rings is 1. The van der Waals surface area contributed by atoms with Gasteiger partial charge in [0, 0.05) is 25.3 Å². The van der Waals surface area contributed by atoms with Crippen LogP contribution in [0.2, 0.25) is 0 Å². The Morgan fingerprint density at radius 3 is 2.54 bits per heavy atom. The number of ether oxygens (including phenoxy) is 1. The van der Waals surface area contributed by atoms with Gasteiger partial charge in [0.05, 0.1) is 30.8 Å². The second-order valence-electron chi connectivity index (χ2n) is 6.62. The summed E-state index contributed by atoms with van der Waals surface area (Å²) in [4.78, 5) is 14.3. The van der Waals surface area contributed by atoms with E-state index in [2.05, 4.69) is 5.32 Å². The number of rotatable bonds is 5. The molecule has 0 aromatic heterocycles. The fourth-order valence-corrected chi connectivity index (χ4v) is 4.63. The third-order valence-electron chi connectivity index (χ3n) is 4.59. The smallest absolute Gasteiger partial charge is 0.243 e. The van der Waals surface area contributed by atoms with E-state index in [0.717, 1.165) is 19.4 Å². The van der Waals surface area contributed by atoms with Crippen LogP contribution >= 0.6 is 0 Å². The van der Waals surface area contributed by atoms with Gasteiger partial charge >= 0.3 is 0 Å². The van der Waals surface area contributed by atoms with Crippen LogP contribution in [-0.4, -0.2) is 80.7 Å². The number of hydrogen-bond acceptors (Lipinski definition) is 6. The molecular formula is C17H25N3O5S. The summed E-state index contributed by atoms with van der Waals surface area (Å²) in [6.45, 7) is 3.01. The molecule has 26 heavy (non-hydrogen) atoms. The highest BCUT2D eigenvalue weighted by Gasteiger charge is 2.26. The van der Waals surface area contributed by atoms with Crippen LogP contribution in [0.25, 0.3) is 0 Å². The predicted molar refractivity (Wildman–Crippen MR) is 96.3 cm³/mol. The highest BCUT2D eigenvalue weighted by Crippen LogP contribution is 2.19. The lowest BCUT2D eigenvalue weighted by molar-refractivity contribution is -0.118. The summed E-state index contributed by atoms with van der Waals surface area (Å²) in [5.41, 5.74) is 0.550. The van der Waals surface area contributed by atoms with Crippen molar-refractivity contribution >= 4 is 21.6 Å². The fraction of sp³-hybridized carbons (Fsp3) is 0.588. The molecule has 2 saturated heterocycles. The molecule has 2 aliphatic heterocycles. The van der Waals surface area contributed by atoms with Crippen molar-refractivity contribution in [1.82, 2.24) is 9.21 Å². The maximum Gasteiger partial charge on any atom is 0.243 e. The Labute approximate surface area is 153 Å². The Morgan fingerprint density at radius 1 is 1.19 bits per heavy atom. The van der Waals surface area contributed by atoms with Gasteiger partial charge in [0.1, 0.15) is 0 Å². The van der Waals surface area contributed by atoms with Crippen LogP contribution in [-0.2, 0) is 19.6 Å². The number of aliphatic hydroxyl groups is 1. The van der Waals surface area contributed by atoms with Gasteiger partial charge in [-0.2, -0.15) is 4.31 Å². The molecule has 2 heterocycles. The molecule has 0 spiro atoms. The number of likely N-dealkylation sites (tertiary alicyclic amines) is 1. The second kappa shape index (κ2) is 8.45. The topological polar surface area (TPSA) is 99.2 Å². The molecule has 144 valence electrons. The average molecular weight is 383 g/mol. The first-order valence-corrected chi connectivity index (χ1v) is 10.3. The average Bonchev–Trinajstić information content (AvgIpc) is 2.63. The lowest BCUT2D eigenvalue weighted by Gasteiger charge is -2.29. The van der Waals surface area contributed by atoms with Crippen LogP contribution in [0.4, 0.5) is 5.69 Å². The van der Waals surface area contributed by atoms with E-state index in [9.17, 15) is 18.3 Å². The maximum absolute atomic E-state index is 12.6. The van der Waals surface area contributed by atoms with Crippen LogP contribution in [0.3, 0.4) is 0 Å². The molecular weight excluding hydrogens is 358 g/mol. The number of piperidine rings is 1. The van der Waals surface area contributed by atoms with Crippen molar-refractivity contribution in [2.45, 2.75) is 23.8 Å². The molecule has 0 bridgehead atoms. The quantitative estimate of drug-likeness (QED) is 0.748. The Morgan fingerprint density at radius 2 is 1.88 bits per heavy atom. The number of anilines is 1. The molecule has 0 radical (unpaired) electrons. The molecule has 1 atom stereocenters. The first-order valence-electron chi connectivity index (χ1n) is 8.83. The van der Waals surface area contributed by atoms with Crippen molar-refractivity contribution < 1.29 is 23.1 Å². The molecule has 9 heteroatoms. The van der Waals surface area contributed by atoms with Crippen molar-refractivity contribution in [3.8, 4) is 0 Å². The lowest BCUT2D eigenvalue weighted by Crippen LogP contribution is -2.42. The van der Waals surface area contributed by atoms with Crippen molar-refractivity contribution in [2.24, 2.45) is 0 Å². The van der Waals surface area contributed by atoms with Gasteiger partial charge < -0.3 is 15.2 Å². The largest absolute Gasteiger partial charge is 0.392 e. The molecule has 2 fully saturated rings. The third kappa shape index (κ3) is 4.80. The van der Waals surface area contributed by atoms with Gasteiger partial charge in [0.2, 0.25) is 15.9 Å². The van der Waals surface area contributed by atoms with Crippen LogP contribution in [0.5, 0.6) is 0 Å². The van der Waals surface area contributed by atoms with E-state index >= 15 is 0 Å². The van der Waals surface area contributed by atoms with Gasteiger partial charge in [-0.15, -0.1) is 0 Å². The van der Waals surface area contributed by atoms with Gasteiger partial charge in [-0.3, -0.25) is 9.69 Å². The molecule has 1 aromatic rings. The number of hydrogen-bond donors (Lipinski definition) is 2. The van der Waals surface area contributed by atoms with E-state index in [1.165, 1.54) is 16.4 Å². The van der Waals surface area contributed by atoms with E-state index in [-0.39, 0.29) is 23.5 Å². The molecule has 1 amide bonds. The van der Waals surface area contributed by atoms with E-state index in [1.807, 2.05) is 4.90 Å². The van der Waals surface area contributed by atoms with Crippen molar-refractivity contribution in [1.29, 1.82) is 0 Å². The second-order valence-corrected chi connectivity index (χ2v) is 8.56. The molecule has 1 unspecified atom stereocenters. The van der Waals surface area contributed by atoms with E-state index in [1.54, 1.807) is 12.1 Å². The minimum absolute atomic E-state index is 0.178. The number of nitrogens with one attached hydrogen (secondary N) is 1. The zero-order valence-corrected chi connectivity index (χ0v) is 15.5. The standard InChI is InChI=1S/C17H25N3O5S/c21-15-2-1-7-19(12-15)13-17(22)18-14-3-5-16(6-4-14)26(23,24)20-8-10-25-11-9-20/h3-6,15,21H,1-2,7-13H2,(H,18,22). The number of β-amino-alcohol motifs (C(OH)–C–C–N with tert-alkyl or cyclic N) is 1. The van der Waals surface area contributed by atoms with E-state index in [4.69, 9.17) is 4.74 Å². The van der Waals surface area contributed by atoms with E-state index < -0.39 is 10.0 Å². The predicted octanol–water partition coefficient (Wildman–Crippen LogP) is 0.103. The number of aliphatic hydroxyl groups excluding tert-OH is 1. The number of sulfonamides is 1. The molecule has 3 rings (SSSR count). The fourth-order valence-electron chi connectivity index (χ4n) is 3.22. The van der Waals surface area contributed by atoms with Crippen molar-refractivity contribution in [2.75, 3.05) is 51.3 Å². The summed E-state index contributed by atoms with van der Waals surface area (Å²) in [6, 6.07) is 6.20. The van der Waals surface area contributed by atoms with Crippen LogP contribution < -0.4 is 5.32 Å². The molecule has 0 aliphatic carbocycles. The Balaban J connectivity index is 1.57. The van der Waals surface area contributed by atoms with Gasteiger partial charge in [-0.1, -0.05) is 0 Å². The first-order chi connectivity index (χ1) is 12.4. The number of carbonyl (C=O) groups excluding carboxylic acids is 1. The van der Waals surface area contributed by atoms with Gasteiger partial charge in [0.25, 0.3) is 0 Å². The first kappa shape index (κ1) is 19.2. The lowest BCUT2D eigenvalue weighted by atomic mass is 10.1. The van der Waals surface area contributed by atoms with Gasteiger partial charge in [0.15, 0.2) is 0 Å². The van der Waals surface area contributed by atoms with E-state index in [0.29, 0.717) is 38.5 Å². The van der Waals surface area contributed by atoms with Crippen molar-refractivity contribution in [3.05, 3.63) is 24.3 Å². The monoisotopic (exact) mass is 383 g/mol. The number of nitrogens with zero attached hydrogens (tertiary/aromatic N) is 2. The van der Waals surface area contributed by atoms with Gasteiger partial charge in [-0.05, 0) is 43.7 Å². The zero-order chi connectivity index (χ0) is 18.6. The van der Waals surface area contributed by atoms with Crippen LogP contribution in [0, 0.1) is 0 Å². The Bertz CT molecular complexity index is 716. The maximum atomic E-state index is 12.6. The summed E-state index contributed by atoms with van der Waals surface area (Å²) >= 11 is 0. The minimum Gasteiger partial charge on any atom is -0.392 e. The normalized spacial score (nSPS) is 22.9. The summed E-state index contributed by atoms with van der Waals surface area (Å²) in [7, 11) is -3.53. The number of carbonyl (C=O) groups is 1. The number of amides is 1. The Hall–Kier alpha value is -1.52. The Kier molecular flexibility index (Phi) is 6.25. The molecule has 0 saturated carbocycles. The van der Waals surface area contributed by atoms with Crippen molar-refractivity contribution in [3.63, 3.8) is 0 Å². The van der Waals surface area contributed by atoms with Crippen LogP contribution in [0.1, 0.15) is 12.8 Å². The summed E-state index contributed by atoms with van der Waals surface area (Å²) in [6.07, 6.45) is 1.28. The third-order valence-corrected chi connectivity index (χ3v) is 6.51.